The van der Waals surface area contributed by atoms with Gasteiger partial charge in [0.2, 0.25) is 0 Å². The quantitative estimate of drug-likeness (QED) is 0.481. The molecule has 4 atom stereocenters. The Morgan fingerprint density at radius 2 is 2.06 bits per heavy atom. The highest BCUT2D eigenvalue weighted by molar-refractivity contribution is 5.36. The monoisotopic (exact) mass is 213 g/mol. The van der Waals surface area contributed by atoms with E-state index in [0.717, 1.165) is 18.8 Å². The third-order valence-corrected chi connectivity index (χ3v) is 4.74. The second kappa shape index (κ2) is 2.89. The summed E-state index contributed by atoms with van der Waals surface area (Å²) in [4.78, 5) is 0. The molecule has 1 saturated carbocycles. The lowest BCUT2D eigenvalue weighted by Gasteiger charge is -2.35. The van der Waals surface area contributed by atoms with E-state index in [1.165, 1.54) is 12.8 Å². The van der Waals surface area contributed by atoms with E-state index < -0.39 is 0 Å². The molecule has 1 heteroatoms. The van der Waals surface area contributed by atoms with E-state index in [4.69, 9.17) is 4.74 Å². The Bertz CT molecular complexity index is 402. The largest absolute Gasteiger partial charge is 0.361 e. The van der Waals surface area contributed by atoms with E-state index in [0.29, 0.717) is 5.92 Å². The Morgan fingerprint density at radius 3 is 2.94 bits per heavy atom. The number of epoxide rings is 1. The highest BCUT2D eigenvalue weighted by Gasteiger charge is 2.73. The van der Waals surface area contributed by atoms with Crippen molar-refractivity contribution in [3.63, 3.8) is 0 Å². The third kappa shape index (κ3) is 1.00. The van der Waals surface area contributed by atoms with Crippen molar-refractivity contribution < 1.29 is 4.74 Å². The molecule has 0 aromatic rings. The van der Waals surface area contributed by atoms with Crippen LogP contribution >= 0.6 is 0 Å². The second-order valence-corrected chi connectivity index (χ2v) is 5.58. The average molecular weight is 213 g/mol. The van der Waals surface area contributed by atoms with Crippen LogP contribution in [0.2, 0.25) is 0 Å². The molecule has 0 N–H and O–H groups in total. The molecule has 4 aliphatic rings. The first-order valence-corrected chi connectivity index (χ1v) is 6.39. The fourth-order valence-corrected chi connectivity index (χ4v) is 3.91. The van der Waals surface area contributed by atoms with Gasteiger partial charge in [-0.25, -0.2) is 0 Å². The number of fused-ring (bicyclic) bond motifs is 1. The Labute approximate surface area is 96.9 Å². The molecule has 1 radical (unpaired) electrons. The first kappa shape index (κ1) is 9.23. The Balaban J connectivity index is 1.67. The van der Waals surface area contributed by atoms with E-state index in [9.17, 15) is 0 Å². The summed E-state index contributed by atoms with van der Waals surface area (Å²) in [5, 5.41) is 0. The maximum atomic E-state index is 6.27. The summed E-state index contributed by atoms with van der Waals surface area (Å²) in [6, 6.07) is 0. The van der Waals surface area contributed by atoms with Crippen LogP contribution < -0.4 is 0 Å². The van der Waals surface area contributed by atoms with Crippen molar-refractivity contribution in [1.82, 2.24) is 0 Å². The molecule has 0 aromatic heterocycles. The van der Waals surface area contributed by atoms with E-state index in [1.807, 2.05) is 0 Å². The molecule has 4 unspecified atom stereocenters. The fraction of sp³-hybridized carbons (Fsp3) is 0.533. The molecular formula is C15H17O. The van der Waals surface area contributed by atoms with Crippen molar-refractivity contribution in [2.75, 3.05) is 0 Å². The van der Waals surface area contributed by atoms with Crippen molar-refractivity contribution in [1.29, 1.82) is 0 Å². The predicted molar refractivity (Wildman–Crippen MR) is 63.7 cm³/mol. The lowest BCUT2D eigenvalue weighted by atomic mass is 9.64. The summed E-state index contributed by atoms with van der Waals surface area (Å²) in [6.07, 6.45) is 20.8. The molecule has 1 aliphatic heterocycles. The van der Waals surface area contributed by atoms with Gasteiger partial charge in [0.1, 0.15) is 11.2 Å². The highest BCUT2D eigenvalue weighted by atomic mass is 16.6. The van der Waals surface area contributed by atoms with Crippen LogP contribution in [0.25, 0.3) is 0 Å². The molecule has 83 valence electrons. The van der Waals surface area contributed by atoms with Gasteiger partial charge in [-0.05, 0) is 38.0 Å². The van der Waals surface area contributed by atoms with Crippen molar-refractivity contribution >= 4 is 0 Å². The van der Waals surface area contributed by atoms with Crippen LogP contribution in [-0.4, -0.2) is 11.2 Å². The number of ether oxygens (including phenoxy) is 1. The summed E-state index contributed by atoms with van der Waals surface area (Å²) in [5.41, 5.74) is 0.250. The Kier molecular flexibility index (Phi) is 1.67. The first-order valence-electron chi connectivity index (χ1n) is 6.39. The molecule has 2 bridgehead atoms. The van der Waals surface area contributed by atoms with Crippen LogP contribution in [0.5, 0.6) is 0 Å². The van der Waals surface area contributed by atoms with E-state index in [-0.39, 0.29) is 11.2 Å². The second-order valence-electron chi connectivity index (χ2n) is 5.58. The SMILES string of the molecule is [CH]1CC2C=CCC3(C2)OC13C1C=CC=CC1. The number of rotatable bonds is 1. The van der Waals surface area contributed by atoms with Gasteiger partial charge in [0.15, 0.2) is 0 Å². The third-order valence-electron chi connectivity index (χ3n) is 4.74. The summed E-state index contributed by atoms with van der Waals surface area (Å²) < 4.78 is 6.27. The molecule has 1 nitrogen and oxygen atoms in total. The van der Waals surface area contributed by atoms with Crippen LogP contribution in [0, 0.1) is 18.3 Å². The van der Waals surface area contributed by atoms with Gasteiger partial charge in [-0.1, -0.05) is 36.5 Å². The molecule has 1 saturated heterocycles. The normalized spacial score (nSPS) is 52.5. The summed E-state index contributed by atoms with van der Waals surface area (Å²) in [7, 11) is 0. The van der Waals surface area contributed by atoms with Gasteiger partial charge in [-0.3, -0.25) is 0 Å². The zero-order valence-corrected chi connectivity index (χ0v) is 9.43. The van der Waals surface area contributed by atoms with Crippen molar-refractivity contribution in [2.45, 2.75) is 36.9 Å². The molecule has 16 heavy (non-hydrogen) atoms. The Hall–Kier alpha value is -0.820. The van der Waals surface area contributed by atoms with Gasteiger partial charge < -0.3 is 4.74 Å². The molecule has 1 heterocycles. The van der Waals surface area contributed by atoms with Gasteiger partial charge >= 0.3 is 0 Å². The molecule has 2 fully saturated rings. The van der Waals surface area contributed by atoms with Crippen LogP contribution in [0.15, 0.2) is 36.5 Å². The van der Waals surface area contributed by atoms with Crippen LogP contribution in [0.4, 0.5) is 0 Å². The van der Waals surface area contributed by atoms with Gasteiger partial charge in [0, 0.05) is 5.92 Å². The minimum Gasteiger partial charge on any atom is -0.361 e. The van der Waals surface area contributed by atoms with Crippen molar-refractivity contribution in [2.24, 2.45) is 11.8 Å². The maximum absolute atomic E-state index is 6.27. The highest BCUT2D eigenvalue weighted by Crippen LogP contribution is 2.66. The van der Waals surface area contributed by atoms with E-state index in [1.54, 1.807) is 0 Å². The molecular weight excluding hydrogens is 196 g/mol. The lowest BCUT2D eigenvalue weighted by molar-refractivity contribution is 0.247. The Morgan fingerprint density at radius 1 is 1.06 bits per heavy atom. The smallest absolute Gasteiger partial charge is 0.108 e. The summed E-state index contributed by atoms with van der Waals surface area (Å²) in [6.45, 7) is 0. The first-order chi connectivity index (χ1) is 7.85. The van der Waals surface area contributed by atoms with Gasteiger partial charge in [-0.15, -0.1) is 0 Å². The predicted octanol–water partition coefficient (Wildman–Crippen LogP) is 3.20. The molecule has 0 aromatic carbocycles. The topological polar surface area (TPSA) is 12.5 Å². The molecule has 3 aliphatic carbocycles. The molecule has 1 spiro atoms. The fourth-order valence-electron chi connectivity index (χ4n) is 3.91. The van der Waals surface area contributed by atoms with Gasteiger partial charge in [-0.2, -0.15) is 0 Å². The average Bonchev–Trinajstić information content (AvgIpc) is 2.98. The molecule has 0 amide bonds. The zero-order valence-electron chi connectivity index (χ0n) is 9.43. The minimum absolute atomic E-state index is 0.0789. The van der Waals surface area contributed by atoms with Crippen molar-refractivity contribution in [3.05, 3.63) is 42.9 Å². The number of hydrogen-bond donors (Lipinski definition) is 0. The molecule has 4 rings (SSSR count). The van der Waals surface area contributed by atoms with Crippen LogP contribution in [-0.2, 0) is 4.74 Å². The van der Waals surface area contributed by atoms with Gasteiger partial charge in [0.05, 0.1) is 0 Å². The lowest BCUT2D eigenvalue weighted by Crippen LogP contribution is -2.40. The maximum Gasteiger partial charge on any atom is 0.108 e. The minimum atomic E-state index is 0.0789. The van der Waals surface area contributed by atoms with Crippen molar-refractivity contribution in [3.8, 4) is 0 Å². The summed E-state index contributed by atoms with van der Waals surface area (Å²) in [5.74, 6) is 1.32. The van der Waals surface area contributed by atoms with Crippen LogP contribution in [0.3, 0.4) is 0 Å². The van der Waals surface area contributed by atoms with E-state index in [2.05, 4.69) is 42.9 Å². The van der Waals surface area contributed by atoms with Gasteiger partial charge in [0.25, 0.3) is 0 Å². The standard InChI is InChI=1S/C15H17O/c1-2-6-13(7-3-1)15-10-8-12-5-4-9-14(15,11-12)16-15/h1-6,10,12-13H,7-9,11H2. The number of hydrogen-bond acceptors (Lipinski definition) is 1. The van der Waals surface area contributed by atoms with E-state index >= 15 is 0 Å². The summed E-state index contributed by atoms with van der Waals surface area (Å²) >= 11 is 0. The zero-order chi connectivity index (χ0) is 10.6. The van der Waals surface area contributed by atoms with Crippen LogP contribution in [0.1, 0.15) is 25.7 Å². The number of allylic oxidation sites excluding steroid dienone is 4.